The van der Waals surface area contributed by atoms with Crippen molar-refractivity contribution in [1.82, 2.24) is 15.2 Å². The van der Waals surface area contributed by atoms with Gasteiger partial charge in [0.25, 0.3) is 5.91 Å². The number of aromatic nitrogens is 1. The first kappa shape index (κ1) is 14.8. The van der Waals surface area contributed by atoms with E-state index in [0.29, 0.717) is 17.4 Å². The van der Waals surface area contributed by atoms with Gasteiger partial charge in [0.15, 0.2) is 0 Å². The molecule has 2 rings (SSSR count). The van der Waals surface area contributed by atoms with Gasteiger partial charge in [-0.05, 0) is 32.4 Å². The quantitative estimate of drug-likeness (QED) is 0.902. The van der Waals surface area contributed by atoms with Crippen LogP contribution >= 0.6 is 0 Å². The topological polar surface area (TPSA) is 48.5 Å². The molecule has 1 aromatic rings. The highest BCUT2D eigenvalue weighted by molar-refractivity contribution is 5.99. The van der Waals surface area contributed by atoms with Crippen molar-refractivity contribution in [3.8, 4) is 0 Å². The molecule has 0 radical (unpaired) electrons. The molecular formula is C15H24N4O. The summed E-state index contributed by atoms with van der Waals surface area (Å²) in [4.78, 5) is 20.9. The molecule has 0 spiro atoms. The number of nitrogens with one attached hydrogen (secondary N) is 1. The van der Waals surface area contributed by atoms with Crippen molar-refractivity contribution in [1.29, 1.82) is 0 Å². The molecule has 1 fully saturated rings. The van der Waals surface area contributed by atoms with E-state index in [1.807, 2.05) is 25.1 Å². The number of hydrogen-bond donors (Lipinski definition) is 1. The van der Waals surface area contributed by atoms with Gasteiger partial charge < -0.3 is 10.2 Å². The molecule has 110 valence electrons. The molecule has 2 heterocycles. The van der Waals surface area contributed by atoms with Crippen molar-refractivity contribution in [3.63, 3.8) is 0 Å². The molecule has 1 N–H and O–H groups in total. The molecule has 0 saturated carbocycles. The molecule has 1 amide bonds. The van der Waals surface area contributed by atoms with Crippen LogP contribution in [0, 0.1) is 0 Å². The largest absolute Gasteiger partial charge is 0.362 e. The number of anilines is 1. The summed E-state index contributed by atoms with van der Waals surface area (Å²) in [6, 6.07) is 4.40. The zero-order valence-electron chi connectivity index (χ0n) is 12.8. The Balaban J connectivity index is 2.03. The maximum absolute atomic E-state index is 12.4. The molecule has 0 aliphatic carbocycles. The number of hydrogen-bond acceptors (Lipinski definition) is 4. The van der Waals surface area contributed by atoms with Gasteiger partial charge in [0.1, 0.15) is 5.82 Å². The number of pyridine rings is 1. The Morgan fingerprint density at radius 3 is 2.85 bits per heavy atom. The summed E-state index contributed by atoms with van der Waals surface area (Å²) >= 11 is 0. The predicted molar refractivity (Wildman–Crippen MR) is 81.1 cm³/mol. The van der Waals surface area contributed by atoms with E-state index < -0.39 is 0 Å². The maximum Gasteiger partial charge on any atom is 0.255 e. The molecule has 1 aliphatic rings. The predicted octanol–water partition coefficient (Wildman–Crippen LogP) is 1.36. The fourth-order valence-electron chi connectivity index (χ4n) is 2.57. The van der Waals surface area contributed by atoms with Gasteiger partial charge in [0, 0.05) is 45.5 Å². The number of carbonyl (C=O) groups is 1. The number of nitrogens with zero attached hydrogens (tertiary/aromatic N) is 3. The molecular weight excluding hydrogens is 252 g/mol. The van der Waals surface area contributed by atoms with Gasteiger partial charge in [0.05, 0.1) is 5.56 Å². The van der Waals surface area contributed by atoms with Gasteiger partial charge >= 0.3 is 0 Å². The van der Waals surface area contributed by atoms with E-state index >= 15 is 0 Å². The second kappa shape index (κ2) is 6.22. The molecule has 1 aliphatic heterocycles. The smallest absolute Gasteiger partial charge is 0.255 e. The van der Waals surface area contributed by atoms with E-state index in [9.17, 15) is 4.79 Å². The number of rotatable bonds is 4. The first-order valence-electron chi connectivity index (χ1n) is 7.16. The van der Waals surface area contributed by atoms with Crippen LogP contribution in [0.2, 0.25) is 0 Å². The summed E-state index contributed by atoms with van der Waals surface area (Å²) < 4.78 is 0. The third-order valence-corrected chi connectivity index (χ3v) is 3.74. The summed E-state index contributed by atoms with van der Waals surface area (Å²) in [6.45, 7) is 6.36. The molecule has 1 atom stereocenters. The number of carbonyl (C=O) groups excluding carboxylic acids is 1. The molecule has 0 aromatic carbocycles. The Hall–Kier alpha value is -1.62. The zero-order valence-corrected chi connectivity index (χ0v) is 12.8. The van der Waals surface area contributed by atoms with Crippen LogP contribution in [-0.2, 0) is 0 Å². The normalized spacial score (nSPS) is 19.4. The summed E-state index contributed by atoms with van der Waals surface area (Å²) in [5, 5.41) is 3.13. The first-order valence-corrected chi connectivity index (χ1v) is 7.16. The van der Waals surface area contributed by atoms with E-state index in [1.54, 1.807) is 12.3 Å². The van der Waals surface area contributed by atoms with Gasteiger partial charge in [-0.25, -0.2) is 4.98 Å². The minimum absolute atomic E-state index is 0.0302. The zero-order chi connectivity index (χ0) is 14.7. The van der Waals surface area contributed by atoms with E-state index in [4.69, 9.17) is 0 Å². The minimum atomic E-state index is -0.0302. The molecule has 0 bridgehead atoms. The van der Waals surface area contributed by atoms with Crippen molar-refractivity contribution in [3.05, 3.63) is 23.9 Å². The van der Waals surface area contributed by atoms with E-state index in [1.165, 1.54) is 0 Å². The van der Waals surface area contributed by atoms with Gasteiger partial charge in [-0.1, -0.05) is 0 Å². The van der Waals surface area contributed by atoms with Crippen molar-refractivity contribution >= 4 is 11.7 Å². The molecule has 5 heteroatoms. The summed E-state index contributed by atoms with van der Waals surface area (Å²) in [5.41, 5.74) is 0.639. The van der Waals surface area contributed by atoms with Crippen LogP contribution in [0.1, 0.15) is 30.6 Å². The number of amides is 1. The summed E-state index contributed by atoms with van der Waals surface area (Å²) in [6.07, 6.45) is 2.73. The Bertz CT molecular complexity index is 473. The standard InChI is InChI=1S/C15H24N4O/c1-11(2)19-9-7-12(10-19)17-15(20)13-6-5-8-16-14(13)18(3)4/h5-6,8,11-12H,7,9-10H2,1-4H3,(H,17,20)/t12-/m0/s1. The van der Waals surface area contributed by atoms with Crippen molar-refractivity contribution in [2.75, 3.05) is 32.1 Å². The Morgan fingerprint density at radius 2 is 2.25 bits per heavy atom. The van der Waals surface area contributed by atoms with Gasteiger partial charge in [-0.2, -0.15) is 0 Å². The van der Waals surface area contributed by atoms with Gasteiger partial charge in [0.2, 0.25) is 0 Å². The SMILES string of the molecule is CC(C)N1CC[C@H](NC(=O)c2cccnc2N(C)C)C1. The van der Waals surface area contributed by atoms with Crippen LogP contribution in [-0.4, -0.2) is 55.1 Å². The average Bonchev–Trinajstić information content (AvgIpc) is 2.87. The highest BCUT2D eigenvalue weighted by Gasteiger charge is 2.26. The number of likely N-dealkylation sites (tertiary alicyclic amines) is 1. The first-order chi connectivity index (χ1) is 9.49. The highest BCUT2D eigenvalue weighted by Crippen LogP contribution is 2.17. The third kappa shape index (κ3) is 3.28. The van der Waals surface area contributed by atoms with Crippen LogP contribution in [0.4, 0.5) is 5.82 Å². The lowest BCUT2D eigenvalue weighted by Crippen LogP contribution is -2.39. The van der Waals surface area contributed by atoms with Crippen molar-refractivity contribution in [2.24, 2.45) is 0 Å². The fourth-order valence-corrected chi connectivity index (χ4v) is 2.57. The second-order valence-electron chi connectivity index (χ2n) is 5.82. The van der Waals surface area contributed by atoms with Crippen LogP contribution in [0.3, 0.4) is 0 Å². The lowest BCUT2D eigenvalue weighted by atomic mass is 10.2. The lowest BCUT2D eigenvalue weighted by molar-refractivity contribution is 0.0937. The van der Waals surface area contributed by atoms with E-state index in [2.05, 4.69) is 29.0 Å². The summed E-state index contributed by atoms with van der Waals surface area (Å²) in [7, 11) is 3.80. The molecule has 0 unspecified atom stereocenters. The maximum atomic E-state index is 12.4. The van der Waals surface area contributed by atoms with Crippen LogP contribution < -0.4 is 10.2 Å². The van der Waals surface area contributed by atoms with E-state index in [-0.39, 0.29) is 11.9 Å². The highest BCUT2D eigenvalue weighted by atomic mass is 16.1. The molecule has 1 saturated heterocycles. The van der Waals surface area contributed by atoms with Crippen LogP contribution in [0.15, 0.2) is 18.3 Å². The minimum Gasteiger partial charge on any atom is -0.362 e. The van der Waals surface area contributed by atoms with E-state index in [0.717, 1.165) is 19.5 Å². The Morgan fingerprint density at radius 1 is 1.50 bits per heavy atom. The molecule has 20 heavy (non-hydrogen) atoms. The Kier molecular flexibility index (Phi) is 4.60. The molecule has 1 aromatic heterocycles. The van der Waals surface area contributed by atoms with Gasteiger partial charge in [-0.3, -0.25) is 9.69 Å². The Labute approximate surface area is 121 Å². The lowest BCUT2D eigenvalue weighted by Gasteiger charge is -2.21. The van der Waals surface area contributed by atoms with Crippen molar-refractivity contribution < 1.29 is 4.79 Å². The molecule has 5 nitrogen and oxygen atoms in total. The van der Waals surface area contributed by atoms with Crippen molar-refractivity contribution in [2.45, 2.75) is 32.4 Å². The summed E-state index contributed by atoms with van der Waals surface area (Å²) in [5.74, 6) is 0.682. The van der Waals surface area contributed by atoms with Crippen LogP contribution in [0.5, 0.6) is 0 Å². The van der Waals surface area contributed by atoms with Crippen LogP contribution in [0.25, 0.3) is 0 Å². The second-order valence-corrected chi connectivity index (χ2v) is 5.82. The monoisotopic (exact) mass is 276 g/mol. The van der Waals surface area contributed by atoms with Gasteiger partial charge in [-0.15, -0.1) is 0 Å². The fraction of sp³-hybridized carbons (Fsp3) is 0.600. The third-order valence-electron chi connectivity index (χ3n) is 3.74. The average molecular weight is 276 g/mol.